The number of hydrogen-bond acceptors (Lipinski definition) is 5. The van der Waals surface area contributed by atoms with E-state index in [9.17, 15) is 9.59 Å². The van der Waals surface area contributed by atoms with Crippen LogP contribution in [0.5, 0.6) is 17.2 Å². The van der Waals surface area contributed by atoms with Crippen LogP contribution in [0.1, 0.15) is 41.6 Å². The summed E-state index contributed by atoms with van der Waals surface area (Å²) < 4.78 is 15.7. The van der Waals surface area contributed by atoms with E-state index in [0.717, 1.165) is 12.0 Å². The zero-order chi connectivity index (χ0) is 20.5. The van der Waals surface area contributed by atoms with Crippen molar-refractivity contribution in [3.05, 3.63) is 53.6 Å². The van der Waals surface area contributed by atoms with E-state index in [1.165, 1.54) is 33.5 Å². The van der Waals surface area contributed by atoms with Crippen LogP contribution in [-0.4, -0.2) is 33.1 Å². The molecule has 0 bridgehead atoms. The van der Waals surface area contributed by atoms with E-state index in [4.69, 9.17) is 14.2 Å². The van der Waals surface area contributed by atoms with Gasteiger partial charge >= 0.3 is 0 Å². The Hall–Kier alpha value is -3.22. The summed E-state index contributed by atoms with van der Waals surface area (Å²) in [6.45, 7) is 2.01. The lowest BCUT2D eigenvalue weighted by atomic mass is 9.94. The van der Waals surface area contributed by atoms with Gasteiger partial charge in [0.15, 0.2) is 11.5 Å². The second-order valence-corrected chi connectivity index (χ2v) is 6.11. The first-order valence-electron chi connectivity index (χ1n) is 9.00. The minimum absolute atomic E-state index is 0.265. The first-order chi connectivity index (χ1) is 13.5. The molecule has 7 heteroatoms. The Bertz CT molecular complexity index is 783. The van der Waals surface area contributed by atoms with Crippen LogP contribution < -0.4 is 25.1 Å². The topological polar surface area (TPSA) is 85.9 Å². The average molecular weight is 386 g/mol. The molecule has 0 fully saturated rings. The van der Waals surface area contributed by atoms with E-state index >= 15 is 0 Å². The molecular weight excluding hydrogens is 360 g/mol. The lowest BCUT2D eigenvalue weighted by molar-refractivity contribution is -0.123. The number of ether oxygens (including phenoxy) is 3. The number of rotatable bonds is 8. The smallest absolute Gasteiger partial charge is 0.269 e. The molecule has 0 spiro atoms. The Kier molecular flexibility index (Phi) is 7.68. The van der Waals surface area contributed by atoms with Crippen molar-refractivity contribution in [2.45, 2.75) is 25.7 Å². The Morgan fingerprint density at radius 3 is 2.04 bits per heavy atom. The van der Waals surface area contributed by atoms with Gasteiger partial charge in [-0.1, -0.05) is 43.7 Å². The number of carbonyl (C=O) groups is 2. The molecule has 150 valence electrons. The Morgan fingerprint density at radius 2 is 1.54 bits per heavy atom. The first-order valence-corrected chi connectivity index (χ1v) is 9.00. The van der Waals surface area contributed by atoms with Gasteiger partial charge in [0.1, 0.15) is 0 Å². The third kappa shape index (κ3) is 4.94. The second-order valence-electron chi connectivity index (χ2n) is 6.11. The quantitative estimate of drug-likeness (QED) is 0.681. The molecule has 0 radical (unpaired) electrons. The van der Waals surface area contributed by atoms with E-state index in [1.807, 2.05) is 37.3 Å². The van der Waals surface area contributed by atoms with Crippen molar-refractivity contribution < 1.29 is 23.8 Å². The summed E-state index contributed by atoms with van der Waals surface area (Å²) in [5, 5.41) is 0. The number of hydrogen-bond donors (Lipinski definition) is 2. The molecule has 1 atom stereocenters. The molecule has 2 aromatic carbocycles. The van der Waals surface area contributed by atoms with Crippen molar-refractivity contribution in [3.8, 4) is 17.2 Å². The summed E-state index contributed by atoms with van der Waals surface area (Å²) in [6.07, 6.45) is 1.52. The summed E-state index contributed by atoms with van der Waals surface area (Å²) in [4.78, 5) is 25.1. The van der Waals surface area contributed by atoms with Crippen LogP contribution in [0.15, 0.2) is 42.5 Å². The highest BCUT2D eigenvalue weighted by molar-refractivity contribution is 5.97. The van der Waals surface area contributed by atoms with Gasteiger partial charge in [0.25, 0.3) is 5.91 Å². The van der Waals surface area contributed by atoms with Crippen molar-refractivity contribution in [1.82, 2.24) is 10.9 Å². The maximum Gasteiger partial charge on any atom is 0.269 e. The standard InChI is InChI=1S/C21H26N2O5/c1-5-9-16(14-10-7-6-8-11-14)21(25)23-22-20(24)15-12-17(26-2)19(28-4)18(13-15)27-3/h6-8,10-13,16H,5,9H2,1-4H3,(H,22,24)(H,23,25). The van der Waals surface area contributed by atoms with Crippen LogP contribution in [0.4, 0.5) is 0 Å². The summed E-state index contributed by atoms with van der Waals surface area (Å²) in [5.41, 5.74) is 6.15. The van der Waals surface area contributed by atoms with Gasteiger partial charge in [-0.3, -0.25) is 20.4 Å². The maximum atomic E-state index is 12.6. The van der Waals surface area contributed by atoms with E-state index < -0.39 is 5.91 Å². The molecule has 2 rings (SSSR count). The molecule has 0 saturated heterocycles. The highest BCUT2D eigenvalue weighted by atomic mass is 16.5. The first kappa shape index (κ1) is 21.1. The Balaban J connectivity index is 2.13. The number of nitrogens with one attached hydrogen (secondary N) is 2. The Labute approximate surface area is 165 Å². The number of benzene rings is 2. The van der Waals surface area contributed by atoms with Crippen LogP contribution in [0.25, 0.3) is 0 Å². The fourth-order valence-corrected chi connectivity index (χ4v) is 2.91. The van der Waals surface area contributed by atoms with Gasteiger partial charge in [0.05, 0.1) is 27.2 Å². The highest BCUT2D eigenvalue weighted by Crippen LogP contribution is 2.38. The predicted molar refractivity (Wildman–Crippen MR) is 106 cm³/mol. The summed E-state index contributed by atoms with van der Waals surface area (Å²) in [7, 11) is 4.42. The fourth-order valence-electron chi connectivity index (χ4n) is 2.91. The van der Waals surface area contributed by atoms with Crippen molar-refractivity contribution in [2.75, 3.05) is 21.3 Å². The zero-order valence-corrected chi connectivity index (χ0v) is 16.6. The monoisotopic (exact) mass is 386 g/mol. The fraction of sp³-hybridized carbons (Fsp3) is 0.333. The van der Waals surface area contributed by atoms with Crippen molar-refractivity contribution in [1.29, 1.82) is 0 Å². The molecule has 2 aromatic rings. The van der Waals surface area contributed by atoms with Gasteiger partial charge in [-0.15, -0.1) is 0 Å². The van der Waals surface area contributed by atoms with Gasteiger partial charge in [0.2, 0.25) is 11.7 Å². The average Bonchev–Trinajstić information content (AvgIpc) is 2.74. The molecule has 1 unspecified atom stereocenters. The highest BCUT2D eigenvalue weighted by Gasteiger charge is 2.21. The summed E-state index contributed by atoms with van der Waals surface area (Å²) >= 11 is 0. The molecule has 2 N–H and O–H groups in total. The Morgan fingerprint density at radius 1 is 0.929 bits per heavy atom. The third-order valence-corrected chi connectivity index (χ3v) is 4.32. The van der Waals surface area contributed by atoms with Gasteiger partial charge in [0, 0.05) is 5.56 Å². The molecule has 0 saturated carbocycles. The van der Waals surface area contributed by atoms with Crippen molar-refractivity contribution >= 4 is 11.8 Å². The minimum atomic E-state index is -0.490. The molecule has 2 amide bonds. The van der Waals surface area contributed by atoms with E-state index in [0.29, 0.717) is 23.7 Å². The second kappa shape index (κ2) is 10.2. The van der Waals surface area contributed by atoms with Crippen molar-refractivity contribution in [3.63, 3.8) is 0 Å². The van der Waals surface area contributed by atoms with E-state index in [2.05, 4.69) is 10.9 Å². The molecule has 0 aromatic heterocycles. The molecule has 0 aliphatic heterocycles. The van der Waals surface area contributed by atoms with Gasteiger partial charge in [-0.2, -0.15) is 0 Å². The minimum Gasteiger partial charge on any atom is -0.493 e. The molecule has 28 heavy (non-hydrogen) atoms. The van der Waals surface area contributed by atoms with Gasteiger partial charge in [-0.25, -0.2) is 0 Å². The number of amides is 2. The third-order valence-electron chi connectivity index (χ3n) is 4.32. The van der Waals surface area contributed by atoms with Gasteiger partial charge < -0.3 is 14.2 Å². The van der Waals surface area contributed by atoms with E-state index in [-0.39, 0.29) is 17.4 Å². The summed E-state index contributed by atoms with van der Waals surface area (Å²) in [6, 6.07) is 12.5. The zero-order valence-electron chi connectivity index (χ0n) is 16.6. The number of carbonyl (C=O) groups excluding carboxylic acids is 2. The van der Waals surface area contributed by atoms with Crippen LogP contribution in [0, 0.1) is 0 Å². The molecule has 0 aliphatic rings. The maximum absolute atomic E-state index is 12.6. The van der Waals surface area contributed by atoms with E-state index in [1.54, 1.807) is 0 Å². The largest absolute Gasteiger partial charge is 0.493 e. The molecule has 0 aliphatic carbocycles. The normalized spacial score (nSPS) is 11.3. The predicted octanol–water partition coefficient (Wildman–Crippen LogP) is 3.06. The number of methoxy groups -OCH3 is 3. The lowest BCUT2D eigenvalue weighted by Crippen LogP contribution is -2.44. The van der Waals surface area contributed by atoms with Crippen molar-refractivity contribution in [2.24, 2.45) is 0 Å². The van der Waals surface area contributed by atoms with Gasteiger partial charge in [-0.05, 0) is 24.1 Å². The van der Waals surface area contributed by atoms with Crippen LogP contribution in [-0.2, 0) is 4.79 Å². The molecule has 7 nitrogen and oxygen atoms in total. The number of hydrazine groups is 1. The lowest BCUT2D eigenvalue weighted by Gasteiger charge is -2.17. The van der Waals surface area contributed by atoms with Crippen LogP contribution >= 0.6 is 0 Å². The SMILES string of the molecule is CCCC(C(=O)NNC(=O)c1cc(OC)c(OC)c(OC)c1)c1ccccc1. The molecule has 0 heterocycles. The van der Waals surface area contributed by atoms with Crippen LogP contribution in [0.3, 0.4) is 0 Å². The summed E-state index contributed by atoms with van der Waals surface area (Å²) in [5.74, 6) is -0.00758. The van der Waals surface area contributed by atoms with Crippen LogP contribution in [0.2, 0.25) is 0 Å². The molecular formula is C21H26N2O5.